The van der Waals surface area contributed by atoms with Gasteiger partial charge in [0.25, 0.3) is 5.91 Å². The summed E-state index contributed by atoms with van der Waals surface area (Å²) in [5, 5.41) is 20.7. The molecule has 1 saturated heterocycles. The largest absolute Gasteiger partial charge is 0.392 e. The van der Waals surface area contributed by atoms with E-state index in [0.29, 0.717) is 54.5 Å². The van der Waals surface area contributed by atoms with E-state index < -0.39 is 17.6 Å². The van der Waals surface area contributed by atoms with Crippen molar-refractivity contribution in [3.63, 3.8) is 0 Å². The van der Waals surface area contributed by atoms with E-state index in [0.717, 1.165) is 0 Å². The maximum absolute atomic E-state index is 13.5. The number of aliphatic hydroxyl groups is 2. The highest BCUT2D eigenvalue weighted by atomic mass is 19.1. The molecular formula is C19H21FN2O3. The summed E-state index contributed by atoms with van der Waals surface area (Å²) in [4.78, 5) is 19.1. The van der Waals surface area contributed by atoms with E-state index in [1.165, 1.54) is 12.1 Å². The number of fused-ring (bicyclic) bond motifs is 1. The number of aliphatic hydroxyl groups excluding tert-OH is 2. The maximum atomic E-state index is 13.5. The molecule has 2 aliphatic rings. The average molecular weight is 344 g/mol. The van der Waals surface area contributed by atoms with Gasteiger partial charge in [-0.05, 0) is 38.0 Å². The Morgan fingerprint density at radius 2 is 1.92 bits per heavy atom. The van der Waals surface area contributed by atoms with E-state index in [2.05, 4.69) is 4.98 Å². The molecule has 1 aliphatic heterocycles. The first kappa shape index (κ1) is 16.4. The van der Waals surface area contributed by atoms with Crippen molar-refractivity contribution in [1.82, 2.24) is 9.88 Å². The number of halogens is 1. The number of aromatic nitrogens is 1. The molecule has 1 saturated carbocycles. The minimum absolute atomic E-state index is 0.111. The summed E-state index contributed by atoms with van der Waals surface area (Å²) in [6.07, 6.45) is 0.654. The lowest BCUT2D eigenvalue weighted by molar-refractivity contribution is -0.187. The molecule has 1 aromatic heterocycles. The van der Waals surface area contributed by atoms with Crippen LogP contribution in [-0.4, -0.2) is 51.3 Å². The van der Waals surface area contributed by atoms with Crippen LogP contribution in [0.1, 0.15) is 35.3 Å². The third kappa shape index (κ3) is 2.51. The summed E-state index contributed by atoms with van der Waals surface area (Å²) in [7, 11) is 0. The number of amides is 1. The Hall–Kier alpha value is -2.05. The van der Waals surface area contributed by atoms with Gasteiger partial charge in [0, 0.05) is 42.1 Å². The second-order valence-electron chi connectivity index (χ2n) is 7.27. The predicted octanol–water partition coefficient (Wildman–Crippen LogP) is 2.03. The van der Waals surface area contributed by atoms with E-state index in [-0.39, 0.29) is 11.7 Å². The Balaban J connectivity index is 1.61. The molecule has 1 aromatic carbocycles. The molecule has 0 bridgehead atoms. The summed E-state index contributed by atoms with van der Waals surface area (Å²) in [5.74, 6) is -0.489. The van der Waals surface area contributed by atoms with Crippen molar-refractivity contribution >= 4 is 16.8 Å². The van der Waals surface area contributed by atoms with Crippen molar-refractivity contribution in [3.05, 3.63) is 41.3 Å². The third-order valence-electron chi connectivity index (χ3n) is 5.89. The van der Waals surface area contributed by atoms with Gasteiger partial charge in [0.2, 0.25) is 0 Å². The number of nitrogens with zero attached hydrogens (tertiary/aromatic N) is 2. The van der Waals surface area contributed by atoms with Crippen molar-refractivity contribution in [2.75, 3.05) is 13.1 Å². The summed E-state index contributed by atoms with van der Waals surface area (Å²) >= 11 is 0. The molecular weight excluding hydrogens is 323 g/mol. The lowest BCUT2D eigenvalue weighted by Gasteiger charge is -2.55. The smallest absolute Gasteiger partial charge is 0.254 e. The fourth-order valence-electron chi connectivity index (χ4n) is 4.22. The van der Waals surface area contributed by atoms with E-state index in [9.17, 15) is 19.4 Å². The van der Waals surface area contributed by atoms with Gasteiger partial charge in [-0.2, -0.15) is 0 Å². The monoisotopic (exact) mass is 344 g/mol. The third-order valence-corrected chi connectivity index (χ3v) is 5.89. The summed E-state index contributed by atoms with van der Waals surface area (Å²) in [5.41, 5.74) is 1.21. The number of benzene rings is 1. The van der Waals surface area contributed by atoms with Gasteiger partial charge in [-0.15, -0.1) is 0 Å². The van der Waals surface area contributed by atoms with Crippen LogP contribution in [0.4, 0.5) is 4.39 Å². The van der Waals surface area contributed by atoms with Gasteiger partial charge in [0.05, 0.1) is 23.3 Å². The molecule has 2 aromatic rings. The molecule has 2 atom stereocenters. The van der Waals surface area contributed by atoms with Crippen LogP contribution in [0, 0.1) is 18.2 Å². The minimum Gasteiger partial charge on any atom is -0.392 e. The molecule has 2 fully saturated rings. The highest BCUT2D eigenvalue weighted by molar-refractivity contribution is 6.06. The molecule has 132 valence electrons. The molecule has 0 unspecified atom stereocenters. The van der Waals surface area contributed by atoms with E-state index in [1.807, 2.05) is 0 Å². The van der Waals surface area contributed by atoms with Gasteiger partial charge in [0.1, 0.15) is 5.82 Å². The van der Waals surface area contributed by atoms with Crippen LogP contribution < -0.4 is 0 Å². The van der Waals surface area contributed by atoms with Crippen LogP contribution in [0.3, 0.4) is 0 Å². The van der Waals surface area contributed by atoms with E-state index in [1.54, 1.807) is 24.0 Å². The number of likely N-dealkylation sites (tertiary alicyclic amines) is 1. The molecule has 25 heavy (non-hydrogen) atoms. The highest BCUT2D eigenvalue weighted by Crippen LogP contribution is 2.49. The van der Waals surface area contributed by atoms with Gasteiger partial charge in [-0.25, -0.2) is 4.39 Å². The second-order valence-corrected chi connectivity index (χ2v) is 7.27. The SMILES string of the molecule is Cc1cc(C(=O)N2CCC3(CC2)[C@H](O)C[C@@H]3O)c2ccc(F)cc2n1. The zero-order chi connectivity index (χ0) is 17.8. The molecule has 5 nitrogen and oxygen atoms in total. The Morgan fingerprint density at radius 1 is 1.24 bits per heavy atom. The summed E-state index contributed by atoms with van der Waals surface area (Å²) < 4.78 is 13.5. The van der Waals surface area contributed by atoms with Crippen LogP contribution in [-0.2, 0) is 0 Å². The van der Waals surface area contributed by atoms with Gasteiger partial charge in [-0.1, -0.05) is 0 Å². The first-order valence-electron chi connectivity index (χ1n) is 8.63. The quantitative estimate of drug-likeness (QED) is 0.830. The van der Waals surface area contributed by atoms with E-state index in [4.69, 9.17) is 0 Å². The standard InChI is InChI=1S/C19H21FN2O3/c1-11-8-14(13-3-2-12(20)9-15(13)21-11)18(25)22-6-4-19(5-7-22)16(23)10-17(19)24/h2-3,8-9,16-17,23-24H,4-7,10H2,1H3/t16-,17+. The van der Waals surface area contributed by atoms with Crippen molar-refractivity contribution in [2.24, 2.45) is 5.41 Å². The summed E-state index contributed by atoms with van der Waals surface area (Å²) in [6.45, 7) is 2.78. The molecule has 6 heteroatoms. The number of piperidine rings is 1. The number of carbonyl (C=O) groups excluding carboxylic acids is 1. The first-order valence-corrected chi connectivity index (χ1v) is 8.63. The van der Waals surface area contributed by atoms with E-state index >= 15 is 0 Å². The lowest BCUT2D eigenvalue weighted by Crippen LogP contribution is -2.61. The van der Waals surface area contributed by atoms with Crippen LogP contribution in [0.5, 0.6) is 0 Å². The van der Waals surface area contributed by atoms with Crippen LogP contribution in [0.15, 0.2) is 24.3 Å². The Bertz CT molecular complexity index is 831. The van der Waals surface area contributed by atoms with Crippen molar-refractivity contribution < 1.29 is 19.4 Å². The molecule has 2 heterocycles. The number of carbonyl (C=O) groups is 1. The molecule has 1 spiro atoms. The number of hydrogen-bond donors (Lipinski definition) is 2. The number of rotatable bonds is 1. The Kier molecular flexibility index (Phi) is 3.77. The molecule has 4 rings (SSSR count). The van der Waals surface area contributed by atoms with Crippen molar-refractivity contribution in [3.8, 4) is 0 Å². The Morgan fingerprint density at radius 3 is 2.56 bits per heavy atom. The molecule has 1 amide bonds. The van der Waals surface area contributed by atoms with Gasteiger partial charge >= 0.3 is 0 Å². The van der Waals surface area contributed by atoms with Crippen LogP contribution in [0.25, 0.3) is 10.9 Å². The Labute approximate surface area is 145 Å². The van der Waals surface area contributed by atoms with Crippen molar-refractivity contribution in [1.29, 1.82) is 0 Å². The zero-order valence-electron chi connectivity index (χ0n) is 14.1. The number of aryl methyl sites for hydroxylation is 1. The molecule has 0 radical (unpaired) electrons. The number of pyridine rings is 1. The minimum atomic E-state index is -0.480. The predicted molar refractivity (Wildman–Crippen MR) is 90.6 cm³/mol. The fourth-order valence-corrected chi connectivity index (χ4v) is 4.22. The van der Waals surface area contributed by atoms with Gasteiger partial charge in [-0.3, -0.25) is 9.78 Å². The maximum Gasteiger partial charge on any atom is 0.254 e. The van der Waals surface area contributed by atoms with Crippen molar-refractivity contribution in [2.45, 2.75) is 38.4 Å². The van der Waals surface area contributed by atoms with Gasteiger partial charge in [0.15, 0.2) is 0 Å². The second kappa shape index (κ2) is 5.75. The van der Waals surface area contributed by atoms with Gasteiger partial charge < -0.3 is 15.1 Å². The van der Waals surface area contributed by atoms with Crippen LogP contribution >= 0.6 is 0 Å². The summed E-state index contributed by atoms with van der Waals surface area (Å²) in [6, 6.07) is 6.00. The average Bonchev–Trinajstić information content (AvgIpc) is 2.60. The number of hydrogen-bond acceptors (Lipinski definition) is 4. The normalized spacial score (nSPS) is 25.2. The first-order chi connectivity index (χ1) is 11.9. The zero-order valence-corrected chi connectivity index (χ0v) is 14.1. The molecule has 2 N–H and O–H groups in total. The molecule has 1 aliphatic carbocycles. The highest BCUT2D eigenvalue weighted by Gasteiger charge is 2.55. The topological polar surface area (TPSA) is 73.7 Å². The van der Waals surface area contributed by atoms with Crippen LogP contribution in [0.2, 0.25) is 0 Å². The fraction of sp³-hybridized carbons (Fsp3) is 0.474. The lowest BCUT2D eigenvalue weighted by atomic mass is 9.58.